The standard InChI is InChI=1S/C14H20N2OS/c1-2-16(12-7-9-15-10-8-12)14(17)11-3-5-13(18)6-4-11/h3-6,12,15,18H,2,7-10H2,1H3. The van der Waals surface area contributed by atoms with Gasteiger partial charge in [-0.05, 0) is 57.1 Å². The van der Waals surface area contributed by atoms with E-state index in [4.69, 9.17) is 0 Å². The third-order valence-corrected chi connectivity index (χ3v) is 3.76. The molecule has 1 aromatic rings. The van der Waals surface area contributed by atoms with Gasteiger partial charge in [-0.3, -0.25) is 4.79 Å². The molecule has 0 atom stereocenters. The summed E-state index contributed by atoms with van der Waals surface area (Å²) in [4.78, 5) is 15.3. The van der Waals surface area contributed by atoms with Gasteiger partial charge in [-0.2, -0.15) is 0 Å². The zero-order chi connectivity index (χ0) is 13.0. The lowest BCUT2D eigenvalue weighted by Crippen LogP contribution is -2.46. The zero-order valence-electron chi connectivity index (χ0n) is 10.7. The Morgan fingerprint density at radius 3 is 2.50 bits per heavy atom. The van der Waals surface area contributed by atoms with Crippen molar-refractivity contribution in [3.05, 3.63) is 29.8 Å². The maximum Gasteiger partial charge on any atom is 0.254 e. The Morgan fingerprint density at radius 1 is 1.33 bits per heavy atom. The van der Waals surface area contributed by atoms with Crippen molar-refractivity contribution in [2.75, 3.05) is 19.6 Å². The molecule has 2 rings (SSSR count). The molecule has 1 amide bonds. The van der Waals surface area contributed by atoms with Crippen molar-refractivity contribution in [2.45, 2.75) is 30.7 Å². The Bertz CT molecular complexity index is 399. The van der Waals surface area contributed by atoms with Gasteiger partial charge in [0.15, 0.2) is 0 Å². The summed E-state index contributed by atoms with van der Waals surface area (Å²) in [6.07, 6.45) is 2.09. The second kappa shape index (κ2) is 6.25. The molecule has 1 N–H and O–H groups in total. The van der Waals surface area contributed by atoms with Crippen molar-refractivity contribution in [3.8, 4) is 0 Å². The molecule has 0 saturated carbocycles. The van der Waals surface area contributed by atoms with Crippen molar-refractivity contribution in [1.82, 2.24) is 10.2 Å². The Balaban J connectivity index is 2.11. The molecule has 4 heteroatoms. The molecular formula is C14H20N2OS. The number of hydrogen-bond donors (Lipinski definition) is 2. The predicted molar refractivity (Wildman–Crippen MR) is 76.3 cm³/mol. The van der Waals surface area contributed by atoms with E-state index in [1.54, 1.807) is 0 Å². The summed E-state index contributed by atoms with van der Waals surface area (Å²) < 4.78 is 0. The highest BCUT2D eigenvalue weighted by molar-refractivity contribution is 7.80. The number of carbonyl (C=O) groups excluding carboxylic acids is 1. The molecule has 1 aromatic carbocycles. The van der Waals surface area contributed by atoms with Gasteiger partial charge >= 0.3 is 0 Å². The predicted octanol–water partition coefficient (Wildman–Crippen LogP) is 2.19. The summed E-state index contributed by atoms with van der Waals surface area (Å²) in [5, 5.41) is 3.33. The summed E-state index contributed by atoms with van der Waals surface area (Å²) in [5.74, 6) is 0.137. The highest BCUT2D eigenvalue weighted by Gasteiger charge is 2.24. The van der Waals surface area contributed by atoms with Gasteiger partial charge in [-0.15, -0.1) is 12.6 Å². The number of rotatable bonds is 3. The molecule has 1 aliphatic heterocycles. The number of nitrogens with zero attached hydrogens (tertiary/aromatic N) is 1. The fraction of sp³-hybridized carbons (Fsp3) is 0.500. The van der Waals surface area contributed by atoms with E-state index in [0.717, 1.165) is 42.9 Å². The molecule has 0 aromatic heterocycles. The van der Waals surface area contributed by atoms with Gasteiger partial charge in [0.2, 0.25) is 0 Å². The lowest BCUT2D eigenvalue weighted by molar-refractivity contribution is 0.0656. The first kappa shape index (κ1) is 13.4. The lowest BCUT2D eigenvalue weighted by Gasteiger charge is -2.34. The molecule has 0 radical (unpaired) electrons. The van der Waals surface area contributed by atoms with Crippen LogP contribution in [0.2, 0.25) is 0 Å². The minimum absolute atomic E-state index is 0.137. The van der Waals surface area contributed by atoms with E-state index in [0.29, 0.717) is 6.04 Å². The van der Waals surface area contributed by atoms with E-state index < -0.39 is 0 Å². The van der Waals surface area contributed by atoms with Crippen molar-refractivity contribution < 1.29 is 4.79 Å². The van der Waals surface area contributed by atoms with Gasteiger partial charge in [0.25, 0.3) is 5.91 Å². The third kappa shape index (κ3) is 3.06. The first-order chi connectivity index (χ1) is 8.72. The smallest absolute Gasteiger partial charge is 0.254 e. The molecule has 0 bridgehead atoms. The quantitative estimate of drug-likeness (QED) is 0.820. The van der Waals surface area contributed by atoms with E-state index in [1.165, 1.54) is 0 Å². The van der Waals surface area contributed by atoms with Crippen LogP contribution in [0.3, 0.4) is 0 Å². The fourth-order valence-electron chi connectivity index (χ4n) is 2.46. The summed E-state index contributed by atoms with van der Waals surface area (Å²) >= 11 is 4.24. The molecule has 18 heavy (non-hydrogen) atoms. The van der Waals surface area contributed by atoms with E-state index in [-0.39, 0.29) is 5.91 Å². The van der Waals surface area contributed by atoms with Crippen LogP contribution in [0.5, 0.6) is 0 Å². The van der Waals surface area contributed by atoms with Crippen molar-refractivity contribution in [3.63, 3.8) is 0 Å². The van der Waals surface area contributed by atoms with Crippen LogP contribution in [0, 0.1) is 0 Å². The minimum atomic E-state index is 0.137. The average Bonchev–Trinajstić information content (AvgIpc) is 2.41. The molecule has 0 aliphatic carbocycles. The topological polar surface area (TPSA) is 32.3 Å². The first-order valence-electron chi connectivity index (χ1n) is 6.53. The molecule has 1 aliphatic rings. The largest absolute Gasteiger partial charge is 0.336 e. The maximum atomic E-state index is 12.5. The second-order valence-electron chi connectivity index (χ2n) is 4.62. The Labute approximate surface area is 114 Å². The van der Waals surface area contributed by atoms with Crippen molar-refractivity contribution >= 4 is 18.5 Å². The Kier molecular flexibility index (Phi) is 4.66. The number of thiol groups is 1. The molecule has 1 fully saturated rings. The van der Waals surface area contributed by atoms with Gasteiger partial charge in [-0.25, -0.2) is 0 Å². The van der Waals surface area contributed by atoms with E-state index >= 15 is 0 Å². The minimum Gasteiger partial charge on any atom is -0.336 e. The van der Waals surface area contributed by atoms with Gasteiger partial charge in [-0.1, -0.05) is 0 Å². The van der Waals surface area contributed by atoms with Crippen molar-refractivity contribution in [2.24, 2.45) is 0 Å². The van der Waals surface area contributed by atoms with Gasteiger partial charge in [0, 0.05) is 23.0 Å². The third-order valence-electron chi connectivity index (χ3n) is 3.47. The van der Waals surface area contributed by atoms with Crippen LogP contribution in [0.4, 0.5) is 0 Å². The number of hydrogen-bond acceptors (Lipinski definition) is 3. The first-order valence-corrected chi connectivity index (χ1v) is 6.98. The molecule has 1 heterocycles. The summed E-state index contributed by atoms with van der Waals surface area (Å²) in [7, 11) is 0. The molecule has 0 spiro atoms. The molecule has 98 valence electrons. The van der Waals surface area contributed by atoms with Crippen LogP contribution >= 0.6 is 12.6 Å². The van der Waals surface area contributed by atoms with Crippen LogP contribution in [-0.2, 0) is 0 Å². The second-order valence-corrected chi connectivity index (χ2v) is 5.14. The number of piperidine rings is 1. The maximum absolute atomic E-state index is 12.5. The Hall–Kier alpha value is -1.00. The summed E-state index contributed by atoms with van der Waals surface area (Å²) in [5.41, 5.74) is 0.758. The van der Waals surface area contributed by atoms with Gasteiger partial charge in [0.05, 0.1) is 0 Å². The van der Waals surface area contributed by atoms with Crippen LogP contribution in [-0.4, -0.2) is 36.5 Å². The monoisotopic (exact) mass is 264 g/mol. The zero-order valence-corrected chi connectivity index (χ0v) is 11.6. The summed E-state index contributed by atoms with van der Waals surface area (Å²) in [6, 6.07) is 7.82. The van der Waals surface area contributed by atoms with Gasteiger partial charge < -0.3 is 10.2 Å². The normalized spacial score (nSPS) is 16.6. The summed E-state index contributed by atoms with van der Waals surface area (Å²) in [6.45, 7) is 4.83. The molecule has 0 unspecified atom stereocenters. The van der Waals surface area contributed by atoms with Crippen LogP contribution < -0.4 is 5.32 Å². The van der Waals surface area contributed by atoms with Crippen LogP contribution in [0.1, 0.15) is 30.1 Å². The Morgan fingerprint density at radius 2 is 1.94 bits per heavy atom. The number of carbonyl (C=O) groups is 1. The molecular weight excluding hydrogens is 244 g/mol. The van der Waals surface area contributed by atoms with Crippen molar-refractivity contribution in [1.29, 1.82) is 0 Å². The molecule has 3 nitrogen and oxygen atoms in total. The highest BCUT2D eigenvalue weighted by Crippen LogP contribution is 2.16. The fourth-order valence-corrected chi connectivity index (χ4v) is 2.60. The van der Waals surface area contributed by atoms with Crippen LogP contribution in [0.25, 0.3) is 0 Å². The number of amides is 1. The van der Waals surface area contributed by atoms with E-state index in [2.05, 4.69) is 17.9 Å². The highest BCUT2D eigenvalue weighted by atomic mass is 32.1. The van der Waals surface area contributed by atoms with E-state index in [9.17, 15) is 4.79 Å². The number of nitrogens with one attached hydrogen (secondary N) is 1. The molecule has 1 saturated heterocycles. The number of benzene rings is 1. The van der Waals surface area contributed by atoms with Gasteiger partial charge in [0.1, 0.15) is 0 Å². The van der Waals surface area contributed by atoms with E-state index in [1.807, 2.05) is 36.1 Å². The van der Waals surface area contributed by atoms with Crippen LogP contribution in [0.15, 0.2) is 29.2 Å². The lowest BCUT2D eigenvalue weighted by atomic mass is 10.0. The average molecular weight is 264 g/mol. The SMILES string of the molecule is CCN(C(=O)c1ccc(S)cc1)C1CCNCC1.